The molecule has 1 atom stereocenters. The largest absolute Gasteiger partial charge is 0.257 e. The molecule has 41 heavy (non-hydrogen) atoms. The maximum atomic E-state index is 5.40. The average Bonchev–Trinajstić information content (AvgIpc) is 3.04. The van der Waals surface area contributed by atoms with Gasteiger partial charge >= 0.3 is 0 Å². The van der Waals surface area contributed by atoms with Crippen LogP contribution in [0.25, 0.3) is 33.3 Å². The van der Waals surface area contributed by atoms with E-state index in [4.69, 9.17) is 9.98 Å². The Morgan fingerprint density at radius 3 is 2.51 bits per heavy atom. The van der Waals surface area contributed by atoms with E-state index in [0.29, 0.717) is 0 Å². The average molecular weight is 533 g/mol. The number of aryl methyl sites for hydroxylation is 1. The Balaban J connectivity index is 1.44. The summed E-state index contributed by atoms with van der Waals surface area (Å²) in [6.07, 6.45) is 18.9. The molecule has 2 heteroatoms. The van der Waals surface area contributed by atoms with E-state index in [1.807, 2.05) is 6.07 Å². The van der Waals surface area contributed by atoms with Gasteiger partial charge in [-0.1, -0.05) is 103 Å². The molecule has 4 aromatic rings. The molecule has 0 saturated carbocycles. The SMILES string of the molecule is C/C(=N\C(=C(/C)C1=CCCC=C1)C1C=CC=CC1)c1ccccc1-c1cc(-c2ccc3ccccc3n2)ccc1C. The molecule has 1 heterocycles. The van der Waals surface area contributed by atoms with Crippen molar-refractivity contribution in [3.05, 3.63) is 149 Å². The minimum atomic E-state index is 0.266. The lowest BCUT2D eigenvalue weighted by Crippen LogP contribution is -2.08. The Morgan fingerprint density at radius 1 is 0.829 bits per heavy atom. The third-order valence-corrected chi connectivity index (χ3v) is 8.17. The number of rotatable bonds is 6. The zero-order chi connectivity index (χ0) is 28.2. The number of fused-ring (bicyclic) bond motifs is 1. The first-order valence-corrected chi connectivity index (χ1v) is 14.6. The molecular weight excluding hydrogens is 496 g/mol. The molecule has 0 fully saturated rings. The number of allylic oxidation sites excluding steroid dienone is 9. The molecule has 0 saturated heterocycles. The number of nitrogens with zero attached hydrogens (tertiary/aromatic N) is 2. The van der Waals surface area contributed by atoms with Crippen LogP contribution >= 0.6 is 0 Å². The number of aromatic nitrogens is 1. The minimum absolute atomic E-state index is 0.266. The summed E-state index contributed by atoms with van der Waals surface area (Å²) in [6.45, 7) is 6.58. The lowest BCUT2D eigenvalue weighted by Gasteiger charge is -2.20. The van der Waals surface area contributed by atoms with Crippen LogP contribution in [0.5, 0.6) is 0 Å². The van der Waals surface area contributed by atoms with Crippen LogP contribution in [0.4, 0.5) is 0 Å². The van der Waals surface area contributed by atoms with E-state index in [2.05, 4.69) is 136 Å². The highest BCUT2D eigenvalue weighted by atomic mass is 14.8. The number of hydrogen-bond donors (Lipinski definition) is 0. The molecule has 0 aliphatic heterocycles. The normalized spacial score (nSPS) is 17.5. The summed E-state index contributed by atoms with van der Waals surface area (Å²) < 4.78 is 0. The summed E-state index contributed by atoms with van der Waals surface area (Å²) in [7, 11) is 0. The van der Waals surface area contributed by atoms with Gasteiger partial charge in [0.2, 0.25) is 0 Å². The molecule has 0 amide bonds. The van der Waals surface area contributed by atoms with E-state index in [1.54, 1.807) is 0 Å². The number of para-hydroxylation sites is 1. The first-order valence-electron chi connectivity index (χ1n) is 14.6. The quantitative estimate of drug-likeness (QED) is 0.227. The third kappa shape index (κ3) is 5.69. The van der Waals surface area contributed by atoms with Crippen molar-refractivity contribution < 1.29 is 0 Å². The molecule has 0 radical (unpaired) electrons. The van der Waals surface area contributed by atoms with Crippen molar-refractivity contribution in [1.82, 2.24) is 4.98 Å². The predicted octanol–water partition coefficient (Wildman–Crippen LogP) is 10.4. The van der Waals surface area contributed by atoms with E-state index in [-0.39, 0.29) is 5.92 Å². The molecule has 202 valence electrons. The Kier molecular flexibility index (Phi) is 7.73. The van der Waals surface area contributed by atoms with E-state index < -0.39 is 0 Å². The molecule has 6 rings (SSSR count). The van der Waals surface area contributed by atoms with Crippen LogP contribution in [0.1, 0.15) is 44.2 Å². The van der Waals surface area contributed by atoms with Gasteiger partial charge in [0.1, 0.15) is 0 Å². The molecule has 1 aromatic heterocycles. The summed E-state index contributed by atoms with van der Waals surface area (Å²) in [4.78, 5) is 10.4. The van der Waals surface area contributed by atoms with Gasteiger partial charge in [0.15, 0.2) is 0 Å². The summed E-state index contributed by atoms with van der Waals surface area (Å²) in [6, 6.07) is 27.9. The number of pyridine rings is 1. The number of hydrogen-bond acceptors (Lipinski definition) is 2. The maximum Gasteiger partial charge on any atom is 0.0709 e. The van der Waals surface area contributed by atoms with Gasteiger partial charge in [0.05, 0.1) is 16.9 Å². The summed E-state index contributed by atoms with van der Waals surface area (Å²) >= 11 is 0. The fourth-order valence-electron chi connectivity index (χ4n) is 5.84. The topological polar surface area (TPSA) is 25.2 Å². The van der Waals surface area contributed by atoms with Gasteiger partial charge in [-0.15, -0.1) is 0 Å². The van der Waals surface area contributed by atoms with Gasteiger partial charge in [-0.05, 0) is 86.1 Å². The molecule has 2 nitrogen and oxygen atoms in total. The van der Waals surface area contributed by atoms with Crippen molar-refractivity contribution in [3.8, 4) is 22.4 Å². The molecule has 0 spiro atoms. The minimum Gasteiger partial charge on any atom is -0.257 e. The van der Waals surface area contributed by atoms with Gasteiger partial charge in [-0.2, -0.15) is 0 Å². The van der Waals surface area contributed by atoms with Gasteiger partial charge in [0, 0.05) is 28.1 Å². The zero-order valence-electron chi connectivity index (χ0n) is 24.1. The summed E-state index contributed by atoms with van der Waals surface area (Å²) in [5.41, 5.74) is 12.7. The van der Waals surface area contributed by atoms with Crippen LogP contribution in [0.3, 0.4) is 0 Å². The summed E-state index contributed by atoms with van der Waals surface area (Å²) in [5, 5.41) is 1.16. The number of aliphatic imine (C=N–C) groups is 1. The molecule has 0 bridgehead atoms. The molecule has 1 unspecified atom stereocenters. The molecular formula is C39H36N2. The standard InChI is InChI=1S/C39H36N2/c1-27-22-23-33(38-25-24-31-16-10-13-21-37(31)41-38)26-36(27)35-20-12-11-19-34(35)29(3)40-39(32-17-8-5-9-18-32)28(2)30-14-6-4-7-15-30/h5-6,8-17,19-26,32H,4,7,18H2,1-3H3/b39-28+,40-29+. The second-order valence-electron chi connectivity index (χ2n) is 11.0. The van der Waals surface area contributed by atoms with Crippen LogP contribution in [0.15, 0.2) is 143 Å². The second kappa shape index (κ2) is 11.9. The van der Waals surface area contributed by atoms with Crippen molar-refractivity contribution in [2.45, 2.75) is 40.0 Å². The predicted molar refractivity (Wildman–Crippen MR) is 175 cm³/mol. The fraction of sp³-hybridized carbons (Fsp3) is 0.179. The highest BCUT2D eigenvalue weighted by molar-refractivity contribution is 6.05. The van der Waals surface area contributed by atoms with Crippen molar-refractivity contribution in [3.63, 3.8) is 0 Å². The number of benzene rings is 3. The van der Waals surface area contributed by atoms with Gasteiger partial charge in [0.25, 0.3) is 0 Å². The van der Waals surface area contributed by atoms with Crippen LogP contribution in [0.2, 0.25) is 0 Å². The molecule has 2 aliphatic rings. The lowest BCUT2D eigenvalue weighted by atomic mass is 9.89. The molecule has 3 aromatic carbocycles. The first-order chi connectivity index (χ1) is 20.1. The van der Waals surface area contributed by atoms with Crippen LogP contribution in [0, 0.1) is 12.8 Å². The van der Waals surface area contributed by atoms with E-state index in [0.717, 1.165) is 58.4 Å². The molecule has 2 aliphatic carbocycles. The Morgan fingerprint density at radius 2 is 1.68 bits per heavy atom. The van der Waals surface area contributed by atoms with Gasteiger partial charge in [-0.3, -0.25) is 4.99 Å². The molecule has 0 N–H and O–H groups in total. The van der Waals surface area contributed by atoms with Crippen molar-refractivity contribution in [2.75, 3.05) is 0 Å². The smallest absolute Gasteiger partial charge is 0.0709 e. The Labute approximate surface area is 243 Å². The first kappa shape index (κ1) is 26.7. The van der Waals surface area contributed by atoms with Crippen molar-refractivity contribution in [1.29, 1.82) is 0 Å². The van der Waals surface area contributed by atoms with Crippen LogP contribution in [-0.2, 0) is 0 Å². The highest BCUT2D eigenvalue weighted by Crippen LogP contribution is 2.34. The maximum absolute atomic E-state index is 5.40. The second-order valence-corrected chi connectivity index (χ2v) is 11.0. The van der Waals surface area contributed by atoms with E-state index >= 15 is 0 Å². The Hall–Kier alpha value is -4.56. The highest BCUT2D eigenvalue weighted by Gasteiger charge is 2.18. The Bertz CT molecular complexity index is 1790. The van der Waals surface area contributed by atoms with Crippen molar-refractivity contribution in [2.24, 2.45) is 10.9 Å². The van der Waals surface area contributed by atoms with Crippen molar-refractivity contribution >= 4 is 16.6 Å². The fourth-order valence-corrected chi connectivity index (χ4v) is 5.84. The monoisotopic (exact) mass is 532 g/mol. The van der Waals surface area contributed by atoms with Crippen LogP contribution < -0.4 is 0 Å². The third-order valence-electron chi connectivity index (χ3n) is 8.17. The van der Waals surface area contributed by atoms with Gasteiger partial charge < -0.3 is 0 Å². The summed E-state index contributed by atoms with van der Waals surface area (Å²) in [5.74, 6) is 0.266. The van der Waals surface area contributed by atoms with Crippen LogP contribution in [-0.4, -0.2) is 10.7 Å². The van der Waals surface area contributed by atoms with E-state index in [9.17, 15) is 0 Å². The zero-order valence-corrected chi connectivity index (χ0v) is 24.1. The van der Waals surface area contributed by atoms with E-state index in [1.165, 1.54) is 27.8 Å². The lowest BCUT2D eigenvalue weighted by molar-refractivity contribution is 0.746. The van der Waals surface area contributed by atoms with Gasteiger partial charge in [-0.25, -0.2) is 4.98 Å².